The van der Waals surface area contributed by atoms with E-state index in [2.05, 4.69) is 319 Å². The van der Waals surface area contributed by atoms with E-state index in [1.165, 1.54) is 132 Å². The fourth-order valence-corrected chi connectivity index (χ4v) is 18.6. The van der Waals surface area contributed by atoms with E-state index in [-0.39, 0.29) is 0 Å². The minimum absolute atomic E-state index is 0.419. The molecule has 6 aromatic heterocycles. The number of aromatic nitrogens is 6. The fraction of sp³-hybridized carbons (Fsp3) is 0.286. The molecular weight excluding hydrogens is 1090 g/mol. The highest BCUT2D eigenvalue weighted by Gasteiger charge is 2.47. The number of benzene rings is 6. The predicted octanol–water partition coefficient (Wildman–Crippen LogP) is 20.9. The topological polar surface area (TPSA) is 29.6 Å². The van der Waals surface area contributed by atoms with Gasteiger partial charge in [0.25, 0.3) is 0 Å². The molecule has 90 heavy (non-hydrogen) atoms. The number of nitrogens with zero attached hydrogens (tertiary/aromatic N) is 6. The van der Waals surface area contributed by atoms with E-state index >= 15 is 0 Å². The SMILES string of the molecule is c1ccc(-n2cccc2C2CC(c3cccn3-c3ccccc3)CC(C3CC(c4cccn4-c4ccccc4)CC(C4CC(c5cccn5-c5ccccc5)CC(C5CC(c6cccn6-c6ccccc6)CC(c6cccn6-c6ccccc6)C5)C4)C3)C2)cc1. The van der Waals surface area contributed by atoms with Gasteiger partial charge < -0.3 is 27.4 Å². The van der Waals surface area contributed by atoms with Crippen LogP contribution in [0, 0.1) is 35.5 Å². The molecule has 6 heterocycles. The molecule has 12 aromatic rings. The lowest BCUT2D eigenvalue weighted by Gasteiger charge is -2.49. The lowest BCUT2D eigenvalue weighted by molar-refractivity contribution is 0.0512. The van der Waals surface area contributed by atoms with Crippen LogP contribution < -0.4 is 0 Å². The van der Waals surface area contributed by atoms with E-state index in [4.69, 9.17) is 0 Å². The van der Waals surface area contributed by atoms with E-state index in [9.17, 15) is 0 Å². The van der Waals surface area contributed by atoms with Crippen LogP contribution in [0.15, 0.2) is 292 Å². The van der Waals surface area contributed by atoms with Gasteiger partial charge in [-0.2, -0.15) is 0 Å². The molecular formula is C84H84N6. The van der Waals surface area contributed by atoms with Gasteiger partial charge in [-0.25, -0.2) is 0 Å². The summed E-state index contributed by atoms with van der Waals surface area (Å²) in [5.41, 5.74) is 16.4. The average Bonchev–Trinajstić information content (AvgIpc) is 1.52. The second-order valence-corrected chi connectivity index (χ2v) is 27.4. The summed E-state index contributed by atoms with van der Waals surface area (Å²) in [6.07, 6.45) is 28.6. The largest absolute Gasteiger partial charge is 0.321 e. The van der Waals surface area contributed by atoms with Gasteiger partial charge in [-0.15, -0.1) is 0 Å². The Morgan fingerprint density at radius 2 is 0.311 bits per heavy atom. The molecule has 10 unspecified atom stereocenters. The summed E-state index contributed by atoms with van der Waals surface area (Å²) in [5.74, 6) is 5.99. The zero-order valence-corrected chi connectivity index (χ0v) is 51.8. The van der Waals surface area contributed by atoms with Gasteiger partial charge in [0.2, 0.25) is 0 Å². The lowest BCUT2D eigenvalue weighted by atomic mass is 9.56. The Hall–Kier alpha value is -9.00. The van der Waals surface area contributed by atoms with Crippen LogP contribution in [0.2, 0.25) is 0 Å². The molecule has 0 spiro atoms. The first-order valence-electron chi connectivity index (χ1n) is 34.0. The van der Waals surface area contributed by atoms with Crippen molar-refractivity contribution < 1.29 is 0 Å². The van der Waals surface area contributed by atoms with Gasteiger partial charge in [0, 0.05) is 141 Å². The molecule has 450 valence electrons. The van der Waals surface area contributed by atoms with E-state index in [0.29, 0.717) is 71.0 Å². The molecule has 16 rings (SSSR count). The van der Waals surface area contributed by atoms with Crippen LogP contribution in [0.1, 0.15) is 147 Å². The quantitative estimate of drug-likeness (QED) is 0.0979. The minimum Gasteiger partial charge on any atom is -0.321 e. The van der Waals surface area contributed by atoms with Gasteiger partial charge >= 0.3 is 0 Å². The van der Waals surface area contributed by atoms with Crippen molar-refractivity contribution in [2.24, 2.45) is 35.5 Å². The Balaban J connectivity index is 0.800. The third-order valence-corrected chi connectivity index (χ3v) is 22.4. The van der Waals surface area contributed by atoms with Crippen molar-refractivity contribution in [3.05, 3.63) is 326 Å². The molecule has 10 atom stereocenters. The molecule has 4 saturated carbocycles. The minimum atomic E-state index is 0.419. The van der Waals surface area contributed by atoms with Crippen LogP contribution in [0.4, 0.5) is 0 Å². The van der Waals surface area contributed by atoms with E-state index in [1.807, 2.05) is 0 Å². The Kier molecular flexibility index (Phi) is 15.7. The molecule has 0 amide bonds. The normalized spacial score (nSPS) is 25.5. The molecule has 4 fully saturated rings. The van der Waals surface area contributed by atoms with Crippen molar-refractivity contribution in [2.75, 3.05) is 0 Å². The maximum absolute atomic E-state index is 2.56. The van der Waals surface area contributed by atoms with E-state index in [1.54, 1.807) is 0 Å². The third kappa shape index (κ3) is 11.2. The van der Waals surface area contributed by atoms with Gasteiger partial charge in [-0.1, -0.05) is 109 Å². The second kappa shape index (κ2) is 25.1. The van der Waals surface area contributed by atoms with Gasteiger partial charge in [-0.05, 0) is 258 Å². The Bertz CT molecular complexity index is 3790. The Labute approximate surface area is 532 Å². The number of para-hydroxylation sites is 6. The second-order valence-electron chi connectivity index (χ2n) is 27.4. The van der Waals surface area contributed by atoms with Crippen LogP contribution in [0.25, 0.3) is 34.1 Å². The van der Waals surface area contributed by atoms with Crippen molar-refractivity contribution in [1.29, 1.82) is 0 Å². The first-order valence-corrected chi connectivity index (χ1v) is 34.0. The standard InChI is InChI=1S/C84H84N6/c1-7-25-73(26-8-1)85-43-19-37-79(85)67-51-61(49-63(53-67)65-55-69(81-39-21-45-87(81)75-29-11-3-12-30-75)59-70(56-65)82-40-22-46-88(82)76-31-13-4-14-32-76)62-50-64(54-68(52-62)80-38-20-44-86(80)74-27-9-2-10-28-74)66-57-71(83-41-23-47-89(83)77-33-15-5-16-34-77)60-72(58-66)84-42-24-48-90(84)78-35-17-6-18-36-78/h1-48,61-72H,49-60H2. The van der Waals surface area contributed by atoms with Crippen molar-refractivity contribution in [3.63, 3.8) is 0 Å². The van der Waals surface area contributed by atoms with E-state index in [0.717, 1.165) is 12.8 Å². The first-order chi connectivity index (χ1) is 44.6. The highest BCUT2D eigenvalue weighted by molar-refractivity contribution is 5.43. The maximum atomic E-state index is 2.56. The van der Waals surface area contributed by atoms with Crippen LogP contribution in [-0.4, -0.2) is 27.4 Å². The van der Waals surface area contributed by atoms with Crippen molar-refractivity contribution in [3.8, 4) is 34.1 Å². The smallest absolute Gasteiger partial charge is 0.0452 e. The van der Waals surface area contributed by atoms with Gasteiger partial charge in [0.05, 0.1) is 0 Å². The summed E-state index contributed by atoms with van der Waals surface area (Å²) in [6, 6.07) is 95.7. The molecule has 0 bridgehead atoms. The zero-order chi connectivity index (χ0) is 59.7. The first kappa shape index (κ1) is 56.2. The number of hydrogen-bond acceptors (Lipinski definition) is 0. The monoisotopic (exact) mass is 1180 g/mol. The van der Waals surface area contributed by atoms with Crippen molar-refractivity contribution >= 4 is 0 Å². The molecule has 0 radical (unpaired) electrons. The van der Waals surface area contributed by atoms with Crippen LogP contribution in [-0.2, 0) is 0 Å². The highest BCUT2D eigenvalue weighted by Crippen LogP contribution is 2.59. The van der Waals surface area contributed by atoms with Gasteiger partial charge in [0.15, 0.2) is 0 Å². The average molecular weight is 1180 g/mol. The molecule has 6 nitrogen and oxygen atoms in total. The molecule has 0 saturated heterocycles. The summed E-state index contributed by atoms with van der Waals surface area (Å²) < 4.78 is 15.2. The summed E-state index contributed by atoms with van der Waals surface area (Å²) in [7, 11) is 0. The van der Waals surface area contributed by atoms with Crippen LogP contribution >= 0.6 is 0 Å². The van der Waals surface area contributed by atoms with Crippen LogP contribution in [0.3, 0.4) is 0 Å². The molecule has 6 heteroatoms. The summed E-state index contributed by atoms with van der Waals surface area (Å²) in [6.45, 7) is 0. The van der Waals surface area contributed by atoms with E-state index < -0.39 is 0 Å². The molecule has 4 aliphatic carbocycles. The van der Waals surface area contributed by atoms with Gasteiger partial charge in [-0.3, -0.25) is 0 Å². The maximum Gasteiger partial charge on any atom is 0.0452 e. The Morgan fingerprint density at radius 3 is 0.489 bits per heavy atom. The summed E-state index contributed by atoms with van der Waals surface area (Å²) >= 11 is 0. The third-order valence-electron chi connectivity index (χ3n) is 22.4. The molecule has 0 aliphatic heterocycles. The van der Waals surface area contributed by atoms with Crippen molar-refractivity contribution in [1.82, 2.24) is 27.4 Å². The Morgan fingerprint density at radius 1 is 0.156 bits per heavy atom. The molecule has 4 aliphatic rings. The van der Waals surface area contributed by atoms with Crippen LogP contribution in [0.5, 0.6) is 0 Å². The predicted molar refractivity (Wildman–Crippen MR) is 367 cm³/mol. The van der Waals surface area contributed by atoms with Crippen molar-refractivity contribution in [2.45, 2.75) is 113 Å². The number of hydrogen-bond donors (Lipinski definition) is 0. The number of rotatable bonds is 15. The lowest BCUT2D eigenvalue weighted by Crippen LogP contribution is -2.39. The molecule has 0 N–H and O–H groups in total. The van der Waals surface area contributed by atoms with Gasteiger partial charge in [0.1, 0.15) is 0 Å². The fourth-order valence-electron chi connectivity index (χ4n) is 18.6. The molecule has 6 aromatic carbocycles. The summed E-state index contributed by atoms with van der Waals surface area (Å²) in [5, 5.41) is 0. The zero-order valence-electron chi connectivity index (χ0n) is 51.8. The highest BCUT2D eigenvalue weighted by atomic mass is 15.0. The summed E-state index contributed by atoms with van der Waals surface area (Å²) in [4.78, 5) is 0.